The van der Waals surface area contributed by atoms with Gasteiger partial charge in [-0.2, -0.15) is 0 Å². The number of urea groups is 1. The minimum atomic E-state index is -0.295. The summed E-state index contributed by atoms with van der Waals surface area (Å²) in [6, 6.07) is 13.0. The van der Waals surface area contributed by atoms with Gasteiger partial charge in [-0.3, -0.25) is 5.32 Å². The first-order chi connectivity index (χ1) is 11.2. The third kappa shape index (κ3) is 4.20. The van der Waals surface area contributed by atoms with Gasteiger partial charge in [0, 0.05) is 43.8 Å². The fourth-order valence-electron chi connectivity index (χ4n) is 2.54. The third-order valence-corrected chi connectivity index (χ3v) is 3.90. The zero-order valence-corrected chi connectivity index (χ0v) is 13.2. The van der Waals surface area contributed by atoms with E-state index in [1.54, 1.807) is 18.3 Å². The lowest BCUT2D eigenvalue weighted by Crippen LogP contribution is -2.44. The third-order valence-electron chi connectivity index (χ3n) is 3.90. The summed E-state index contributed by atoms with van der Waals surface area (Å²) in [5.41, 5.74) is 1.95. The highest BCUT2D eigenvalue weighted by Crippen LogP contribution is 2.19. The van der Waals surface area contributed by atoms with Crippen LogP contribution in [0.5, 0.6) is 0 Å². The number of benzene rings is 1. The van der Waals surface area contributed by atoms with Gasteiger partial charge < -0.3 is 15.1 Å². The number of anilines is 3. The van der Waals surface area contributed by atoms with Crippen molar-refractivity contribution in [2.45, 2.75) is 0 Å². The van der Waals surface area contributed by atoms with Crippen molar-refractivity contribution in [2.75, 3.05) is 48.8 Å². The van der Waals surface area contributed by atoms with Crippen LogP contribution >= 0.6 is 0 Å². The Balaban J connectivity index is 1.56. The largest absolute Gasteiger partial charge is 0.369 e. The van der Waals surface area contributed by atoms with Gasteiger partial charge >= 0.3 is 6.03 Å². The van der Waals surface area contributed by atoms with Crippen molar-refractivity contribution in [2.24, 2.45) is 0 Å². The van der Waals surface area contributed by atoms with Gasteiger partial charge in [0.1, 0.15) is 5.82 Å². The second kappa shape index (κ2) is 7.11. The molecule has 0 saturated carbocycles. The summed E-state index contributed by atoms with van der Waals surface area (Å²) < 4.78 is 0. The SMILES string of the molecule is CN1CCN(c2ccc(NC(=O)Nc3ccccn3)cc2)CC1. The predicted molar refractivity (Wildman–Crippen MR) is 93.0 cm³/mol. The highest BCUT2D eigenvalue weighted by molar-refractivity contribution is 5.99. The monoisotopic (exact) mass is 311 g/mol. The molecule has 2 heterocycles. The lowest BCUT2D eigenvalue weighted by molar-refractivity contribution is 0.262. The molecular formula is C17H21N5O. The van der Waals surface area contributed by atoms with E-state index in [-0.39, 0.29) is 6.03 Å². The molecule has 1 aromatic carbocycles. The number of rotatable bonds is 3. The van der Waals surface area contributed by atoms with Crippen LogP contribution in [0, 0.1) is 0 Å². The Morgan fingerprint density at radius 2 is 1.74 bits per heavy atom. The van der Waals surface area contributed by atoms with Gasteiger partial charge in [0.25, 0.3) is 0 Å². The summed E-state index contributed by atoms with van der Waals surface area (Å²) in [6.07, 6.45) is 1.64. The van der Waals surface area contributed by atoms with E-state index in [1.807, 2.05) is 30.3 Å². The Bertz CT molecular complexity index is 636. The minimum Gasteiger partial charge on any atom is -0.369 e. The summed E-state index contributed by atoms with van der Waals surface area (Å²) in [5, 5.41) is 5.51. The van der Waals surface area contributed by atoms with Crippen molar-refractivity contribution >= 4 is 23.2 Å². The number of likely N-dealkylation sites (N-methyl/N-ethyl adjacent to an activating group) is 1. The maximum atomic E-state index is 11.9. The van der Waals surface area contributed by atoms with Crippen LogP contribution in [0.1, 0.15) is 0 Å². The number of amides is 2. The Kier molecular flexibility index (Phi) is 4.73. The number of hydrogen-bond donors (Lipinski definition) is 2. The number of aromatic nitrogens is 1. The first-order valence-electron chi connectivity index (χ1n) is 7.73. The molecule has 0 aliphatic carbocycles. The molecule has 0 spiro atoms. The zero-order chi connectivity index (χ0) is 16.1. The van der Waals surface area contributed by atoms with E-state index >= 15 is 0 Å². The highest BCUT2D eigenvalue weighted by Gasteiger charge is 2.14. The van der Waals surface area contributed by atoms with Gasteiger partial charge in [-0.25, -0.2) is 9.78 Å². The van der Waals surface area contributed by atoms with Crippen LogP contribution in [0.3, 0.4) is 0 Å². The number of piperazine rings is 1. The van der Waals surface area contributed by atoms with E-state index in [1.165, 1.54) is 5.69 Å². The number of pyridine rings is 1. The molecule has 1 aliphatic rings. The Hall–Kier alpha value is -2.60. The maximum absolute atomic E-state index is 11.9. The number of nitrogens with one attached hydrogen (secondary N) is 2. The predicted octanol–water partition coefficient (Wildman–Crippen LogP) is 2.48. The maximum Gasteiger partial charge on any atom is 0.324 e. The summed E-state index contributed by atoms with van der Waals surface area (Å²) in [5.74, 6) is 0.527. The first kappa shape index (κ1) is 15.3. The van der Waals surface area contributed by atoms with Gasteiger partial charge in [-0.05, 0) is 43.4 Å². The van der Waals surface area contributed by atoms with Crippen molar-refractivity contribution in [1.29, 1.82) is 0 Å². The van der Waals surface area contributed by atoms with E-state index in [0.29, 0.717) is 5.82 Å². The molecule has 1 fully saturated rings. The topological polar surface area (TPSA) is 60.5 Å². The number of carbonyl (C=O) groups is 1. The van der Waals surface area contributed by atoms with Crippen molar-refractivity contribution in [3.63, 3.8) is 0 Å². The average molecular weight is 311 g/mol. The molecule has 0 unspecified atom stereocenters. The van der Waals surface area contributed by atoms with Crippen molar-refractivity contribution < 1.29 is 4.79 Å². The van der Waals surface area contributed by atoms with Crippen LogP contribution in [-0.2, 0) is 0 Å². The molecule has 1 aliphatic heterocycles. The van der Waals surface area contributed by atoms with Crippen LogP contribution < -0.4 is 15.5 Å². The fourth-order valence-corrected chi connectivity index (χ4v) is 2.54. The van der Waals surface area contributed by atoms with Crippen molar-refractivity contribution in [1.82, 2.24) is 9.88 Å². The molecular weight excluding hydrogens is 290 g/mol. The number of hydrogen-bond acceptors (Lipinski definition) is 4. The molecule has 3 rings (SSSR count). The number of carbonyl (C=O) groups excluding carboxylic acids is 1. The standard InChI is InChI=1S/C17H21N5O/c1-21-10-12-22(13-11-21)15-7-5-14(6-8-15)19-17(23)20-16-4-2-3-9-18-16/h2-9H,10-13H2,1H3,(H2,18,19,20,23). The van der Waals surface area contributed by atoms with Crippen LogP contribution in [-0.4, -0.2) is 49.1 Å². The minimum absolute atomic E-state index is 0.295. The second-order valence-corrected chi connectivity index (χ2v) is 5.63. The lowest BCUT2D eigenvalue weighted by Gasteiger charge is -2.34. The van der Waals surface area contributed by atoms with E-state index in [2.05, 4.69) is 32.5 Å². The fraction of sp³-hybridized carbons (Fsp3) is 0.294. The molecule has 0 atom stereocenters. The molecule has 1 aromatic heterocycles. The molecule has 0 radical (unpaired) electrons. The average Bonchev–Trinajstić information content (AvgIpc) is 2.57. The first-order valence-corrected chi connectivity index (χ1v) is 7.73. The number of nitrogens with zero attached hydrogens (tertiary/aromatic N) is 3. The van der Waals surface area contributed by atoms with Gasteiger partial charge in [0.05, 0.1) is 0 Å². The van der Waals surface area contributed by atoms with Gasteiger partial charge in [0.15, 0.2) is 0 Å². The molecule has 2 aromatic rings. The van der Waals surface area contributed by atoms with Crippen LogP contribution in [0.4, 0.5) is 22.0 Å². The smallest absolute Gasteiger partial charge is 0.324 e. The van der Waals surface area contributed by atoms with E-state index in [0.717, 1.165) is 31.9 Å². The van der Waals surface area contributed by atoms with Crippen molar-refractivity contribution in [3.05, 3.63) is 48.7 Å². The molecule has 6 heteroatoms. The Morgan fingerprint density at radius 3 is 2.39 bits per heavy atom. The van der Waals surface area contributed by atoms with Gasteiger partial charge in [-0.15, -0.1) is 0 Å². The lowest BCUT2D eigenvalue weighted by atomic mass is 10.2. The molecule has 2 N–H and O–H groups in total. The van der Waals surface area contributed by atoms with Crippen LogP contribution in [0.25, 0.3) is 0 Å². The summed E-state index contributed by atoms with van der Waals surface area (Å²) in [7, 11) is 2.14. The molecule has 6 nitrogen and oxygen atoms in total. The van der Waals surface area contributed by atoms with E-state index in [9.17, 15) is 4.79 Å². The highest BCUT2D eigenvalue weighted by atomic mass is 16.2. The quantitative estimate of drug-likeness (QED) is 0.914. The summed E-state index contributed by atoms with van der Waals surface area (Å²) >= 11 is 0. The molecule has 2 amide bonds. The second-order valence-electron chi connectivity index (χ2n) is 5.63. The van der Waals surface area contributed by atoms with Gasteiger partial charge in [-0.1, -0.05) is 6.07 Å². The molecule has 0 bridgehead atoms. The van der Waals surface area contributed by atoms with E-state index in [4.69, 9.17) is 0 Å². The molecule has 23 heavy (non-hydrogen) atoms. The molecule has 120 valence electrons. The zero-order valence-electron chi connectivity index (χ0n) is 13.2. The normalized spacial score (nSPS) is 15.3. The Morgan fingerprint density at radius 1 is 1.00 bits per heavy atom. The molecule has 1 saturated heterocycles. The van der Waals surface area contributed by atoms with Gasteiger partial charge in [0.2, 0.25) is 0 Å². The van der Waals surface area contributed by atoms with Crippen LogP contribution in [0.15, 0.2) is 48.7 Å². The van der Waals surface area contributed by atoms with E-state index < -0.39 is 0 Å². The summed E-state index contributed by atoms with van der Waals surface area (Å²) in [6.45, 7) is 4.21. The summed E-state index contributed by atoms with van der Waals surface area (Å²) in [4.78, 5) is 20.7. The van der Waals surface area contributed by atoms with Crippen molar-refractivity contribution in [3.8, 4) is 0 Å². The Labute approximate surface area is 136 Å². The van der Waals surface area contributed by atoms with Crippen LogP contribution in [0.2, 0.25) is 0 Å².